The molecule has 0 aliphatic heterocycles. The Kier molecular flexibility index (Phi) is 6.44. The minimum absolute atomic E-state index is 0.000263. The second-order valence-corrected chi connectivity index (χ2v) is 7.01. The number of carbonyl (C=O) groups is 1. The van der Waals surface area contributed by atoms with Crippen molar-refractivity contribution in [1.29, 1.82) is 0 Å². The van der Waals surface area contributed by atoms with E-state index in [1.54, 1.807) is 24.3 Å². The molecule has 1 N–H and O–H groups in total. The molecule has 1 aromatic heterocycles. The third kappa shape index (κ3) is 5.31. The summed E-state index contributed by atoms with van der Waals surface area (Å²) < 4.78 is 7.19. The van der Waals surface area contributed by atoms with Gasteiger partial charge in [0.25, 0.3) is 5.56 Å². The molecule has 0 saturated carbocycles. The lowest BCUT2D eigenvalue weighted by Crippen LogP contribution is -2.24. The lowest BCUT2D eigenvalue weighted by atomic mass is 10.2. The molecule has 29 heavy (non-hydrogen) atoms. The Hall–Kier alpha value is -3.41. The quantitative estimate of drug-likeness (QED) is 0.621. The van der Waals surface area contributed by atoms with Crippen molar-refractivity contribution in [3.63, 3.8) is 0 Å². The monoisotopic (exact) mass is 392 g/mol. The van der Waals surface area contributed by atoms with Gasteiger partial charge < -0.3 is 9.84 Å². The first-order valence-corrected chi connectivity index (χ1v) is 9.60. The number of hydrogen-bond acceptors (Lipinski definition) is 4. The van der Waals surface area contributed by atoms with Gasteiger partial charge in [-0.3, -0.25) is 14.2 Å². The average Bonchev–Trinajstić information content (AvgIpc) is 2.69. The number of para-hydroxylation sites is 1. The zero-order valence-corrected chi connectivity index (χ0v) is 16.5. The molecule has 3 aromatic rings. The van der Waals surface area contributed by atoms with E-state index in [0.29, 0.717) is 29.7 Å². The molecular weight excluding hydrogens is 368 g/mol. The van der Waals surface area contributed by atoms with Crippen LogP contribution in [0.3, 0.4) is 0 Å². The van der Waals surface area contributed by atoms with Crippen LogP contribution in [0.15, 0.2) is 53.3 Å². The zero-order chi connectivity index (χ0) is 20.8. The number of rotatable bonds is 8. The topological polar surface area (TPSA) is 81.4 Å². The van der Waals surface area contributed by atoms with Crippen LogP contribution in [0.25, 0.3) is 23.1 Å². The molecule has 6 nitrogen and oxygen atoms in total. The Morgan fingerprint density at radius 3 is 2.55 bits per heavy atom. The predicted molar refractivity (Wildman–Crippen MR) is 114 cm³/mol. The molecule has 1 heterocycles. The first kappa shape index (κ1) is 20.3. The molecule has 150 valence electrons. The number of nitrogens with zero attached hydrogens (tertiary/aromatic N) is 2. The van der Waals surface area contributed by atoms with Crippen LogP contribution >= 0.6 is 0 Å². The number of carboxylic acid groups (broad SMARTS) is 1. The third-order valence-electron chi connectivity index (χ3n) is 4.34. The van der Waals surface area contributed by atoms with E-state index in [1.807, 2.05) is 50.3 Å². The summed E-state index contributed by atoms with van der Waals surface area (Å²) in [4.78, 5) is 28.4. The molecule has 0 unspecified atom stereocenters. The summed E-state index contributed by atoms with van der Waals surface area (Å²) in [5, 5.41) is 9.43. The average molecular weight is 392 g/mol. The lowest BCUT2D eigenvalue weighted by Gasteiger charge is -2.11. The summed E-state index contributed by atoms with van der Waals surface area (Å²) in [6, 6.07) is 14.8. The Labute approximate surface area is 169 Å². The molecule has 3 rings (SSSR count). The molecule has 0 atom stereocenters. The largest absolute Gasteiger partial charge is 0.491 e. The van der Waals surface area contributed by atoms with Gasteiger partial charge >= 0.3 is 5.97 Å². The molecule has 0 aliphatic rings. The third-order valence-corrected chi connectivity index (χ3v) is 4.34. The fourth-order valence-electron chi connectivity index (χ4n) is 3.02. The first-order valence-electron chi connectivity index (χ1n) is 9.60. The van der Waals surface area contributed by atoms with Crippen LogP contribution in [0.1, 0.15) is 38.1 Å². The van der Waals surface area contributed by atoms with E-state index in [-0.39, 0.29) is 18.1 Å². The van der Waals surface area contributed by atoms with Crippen molar-refractivity contribution in [2.45, 2.75) is 39.3 Å². The molecule has 0 spiro atoms. The summed E-state index contributed by atoms with van der Waals surface area (Å²) in [5.74, 6) is 0.417. The second kappa shape index (κ2) is 9.19. The first-order chi connectivity index (χ1) is 13.9. The normalized spacial score (nSPS) is 11.4. The summed E-state index contributed by atoms with van der Waals surface area (Å²) in [6.45, 7) is 4.25. The maximum absolute atomic E-state index is 12.9. The maximum Gasteiger partial charge on any atom is 0.303 e. The zero-order valence-electron chi connectivity index (χ0n) is 16.5. The minimum atomic E-state index is -0.882. The van der Waals surface area contributed by atoms with Crippen LogP contribution in [0.4, 0.5) is 0 Å². The second-order valence-electron chi connectivity index (χ2n) is 7.01. The van der Waals surface area contributed by atoms with Crippen LogP contribution in [0.5, 0.6) is 5.75 Å². The van der Waals surface area contributed by atoms with Gasteiger partial charge in [0.05, 0.1) is 17.0 Å². The van der Waals surface area contributed by atoms with Gasteiger partial charge in [-0.05, 0) is 56.2 Å². The van der Waals surface area contributed by atoms with E-state index in [2.05, 4.69) is 4.98 Å². The van der Waals surface area contributed by atoms with E-state index >= 15 is 0 Å². The van der Waals surface area contributed by atoms with Gasteiger partial charge in [-0.15, -0.1) is 0 Å². The minimum Gasteiger partial charge on any atom is -0.491 e. The molecule has 6 heteroatoms. The van der Waals surface area contributed by atoms with Gasteiger partial charge in [-0.2, -0.15) is 0 Å². The smallest absolute Gasteiger partial charge is 0.303 e. The Bertz CT molecular complexity index is 1080. The van der Waals surface area contributed by atoms with Crippen LogP contribution in [0, 0.1) is 0 Å². The van der Waals surface area contributed by atoms with Crippen molar-refractivity contribution >= 4 is 29.0 Å². The fraction of sp³-hybridized carbons (Fsp3) is 0.261. The van der Waals surface area contributed by atoms with Crippen molar-refractivity contribution in [2.75, 3.05) is 0 Å². The number of hydrogen-bond donors (Lipinski definition) is 1. The lowest BCUT2D eigenvalue weighted by molar-refractivity contribution is -0.137. The van der Waals surface area contributed by atoms with Crippen molar-refractivity contribution in [3.8, 4) is 5.75 Å². The number of aliphatic carboxylic acids is 1. The molecule has 0 fully saturated rings. The number of fused-ring (bicyclic) bond motifs is 1. The highest BCUT2D eigenvalue weighted by Crippen LogP contribution is 2.16. The van der Waals surface area contributed by atoms with Gasteiger partial charge in [0.1, 0.15) is 11.6 Å². The van der Waals surface area contributed by atoms with Crippen LogP contribution in [-0.4, -0.2) is 26.7 Å². The molecule has 0 saturated heterocycles. The number of ether oxygens (including phenoxy) is 1. The number of aromatic nitrogens is 2. The van der Waals surface area contributed by atoms with E-state index in [9.17, 15) is 9.59 Å². The molecule has 0 amide bonds. The number of carboxylic acids is 1. The van der Waals surface area contributed by atoms with Gasteiger partial charge in [-0.1, -0.05) is 30.3 Å². The SMILES string of the molecule is CC(C)Oc1ccc(C=Cc2nc3ccccc3c(=O)n2CCCC(=O)O)cc1. The Morgan fingerprint density at radius 2 is 1.86 bits per heavy atom. The predicted octanol–water partition coefficient (Wildman–Crippen LogP) is 4.22. The summed E-state index contributed by atoms with van der Waals surface area (Å²) in [7, 11) is 0. The van der Waals surface area contributed by atoms with Crippen molar-refractivity contribution in [3.05, 3.63) is 70.3 Å². The van der Waals surface area contributed by atoms with Crippen molar-refractivity contribution < 1.29 is 14.6 Å². The molecule has 0 radical (unpaired) electrons. The standard InChI is InChI=1S/C23H24N2O4/c1-16(2)29-18-12-9-17(10-13-18)11-14-21-24-20-7-4-3-6-19(20)23(28)25(21)15-5-8-22(26)27/h3-4,6-7,9-14,16H,5,8,15H2,1-2H3,(H,26,27). The fourth-order valence-corrected chi connectivity index (χ4v) is 3.02. The maximum atomic E-state index is 12.9. The van der Waals surface area contributed by atoms with Crippen molar-refractivity contribution in [2.24, 2.45) is 0 Å². The Morgan fingerprint density at radius 1 is 1.14 bits per heavy atom. The van der Waals surface area contributed by atoms with Crippen LogP contribution in [-0.2, 0) is 11.3 Å². The summed E-state index contributed by atoms with van der Waals surface area (Å²) in [6.07, 6.45) is 4.13. The van der Waals surface area contributed by atoms with Gasteiger partial charge in [0.15, 0.2) is 0 Å². The van der Waals surface area contributed by atoms with E-state index < -0.39 is 5.97 Å². The molecule has 0 bridgehead atoms. The molecular formula is C23H24N2O4. The number of benzene rings is 2. The van der Waals surface area contributed by atoms with Crippen LogP contribution < -0.4 is 10.3 Å². The molecule has 0 aliphatic carbocycles. The summed E-state index contributed by atoms with van der Waals surface area (Å²) >= 11 is 0. The van der Waals surface area contributed by atoms with Gasteiger partial charge in [0.2, 0.25) is 0 Å². The highest BCUT2D eigenvalue weighted by Gasteiger charge is 2.09. The van der Waals surface area contributed by atoms with Crippen molar-refractivity contribution in [1.82, 2.24) is 9.55 Å². The highest BCUT2D eigenvalue weighted by atomic mass is 16.5. The summed E-state index contributed by atoms with van der Waals surface area (Å²) in [5.41, 5.74) is 1.40. The van der Waals surface area contributed by atoms with Crippen LogP contribution in [0.2, 0.25) is 0 Å². The van der Waals surface area contributed by atoms with E-state index in [1.165, 1.54) is 4.57 Å². The Balaban J connectivity index is 1.92. The van der Waals surface area contributed by atoms with E-state index in [0.717, 1.165) is 11.3 Å². The van der Waals surface area contributed by atoms with Gasteiger partial charge in [0, 0.05) is 13.0 Å². The van der Waals surface area contributed by atoms with Gasteiger partial charge in [-0.25, -0.2) is 4.98 Å². The molecule has 2 aromatic carbocycles. The van der Waals surface area contributed by atoms with E-state index in [4.69, 9.17) is 9.84 Å². The highest BCUT2D eigenvalue weighted by molar-refractivity contribution is 5.79.